The third kappa shape index (κ3) is 2.97. The minimum absolute atomic E-state index is 0.276. The van der Waals surface area contributed by atoms with Crippen molar-refractivity contribution in [2.24, 2.45) is 0 Å². The Morgan fingerprint density at radius 3 is 2.75 bits per heavy atom. The van der Waals surface area contributed by atoms with E-state index in [1.165, 1.54) is 11.9 Å². The number of hydrogen-bond acceptors (Lipinski definition) is 2. The smallest absolute Gasteiger partial charge is 0.321 e. The molecule has 0 saturated carbocycles. The summed E-state index contributed by atoms with van der Waals surface area (Å²) in [6.45, 7) is 0.312. The molecular formula is C11H13ClN2O2. The molecule has 0 aliphatic heterocycles. The van der Waals surface area contributed by atoms with E-state index in [4.69, 9.17) is 11.6 Å². The number of aldehydes is 1. The van der Waals surface area contributed by atoms with Crippen LogP contribution >= 0.6 is 11.6 Å². The molecule has 0 spiro atoms. The Bertz CT molecular complexity index is 382. The fraction of sp³-hybridized carbons (Fsp3) is 0.273. The van der Waals surface area contributed by atoms with Gasteiger partial charge in [-0.2, -0.15) is 0 Å². The van der Waals surface area contributed by atoms with Crippen LogP contribution in [0.1, 0.15) is 6.42 Å². The molecular weight excluding hydrogens is 228 g/mol. The molecule has 1 rings (SSSR count). The molecule has 0 saturated heterocycles. The van der Waals surface area contributed by atoms with Gasteiger partial charge >= 0.3 is 6.03 Å². The van der Waals surface area contributed by atoms with E-state index in [0.717, 1.165) is 6.29 Å². The number of benzene rings is 1. The van der Waals surface area contributed by atoms with Gasteiger partial charge < -0.3 is 10.1 Å². The lowest BCUT2D eigenvalue weighted by Crippen LogP contribution is -2.39. The van der Waals surface area contributed by atoms with Crippen molar-refractivity contribution in [2.75, 3.05) is 18.5 Å². The fourth-order valence-corrected chi connectivity index (χ4v) is 1.56. The van der Waals surface area contributed by atoms with Gasteiger partial charge in [0, 0.05) is 20.0 Å². The molecule has 1 N–H and O–H groups in total. The monoisotopic (exact) mass is 240 g/mol. The molecule has 4 nitrogen and oxygen atoms in total. The molecule has 0 aromatic heterocycles. The first-order valence-corrected chi connectivity index (χ1v) is 5.26. The van der Waals surface area contributed by atoms with Crippen molar-refractivity contribution in [1.82, 2.24) is 5.32 Å². The minimum atomic E-state index is -0.282. The van der Waals surface area contributed by atoms with Crippen molar-refractivity contribution in [2.45, 2.75) is 6.42 Å². The number of carbonyl (C=O) groups is 2. The van der Waals surface area contributed by atoms with Crippen molar-refractivity contribution in [3.05, 3.63) is 29.3 Å². The highest BCUT2D eigenvalue weighted by atomic mass is 35.5. The number of halogens is 1. The van der Waals surface area contributed by atoms with Crippen LogP contribution < -0.4 is 10.2 Å². The number of nitrogens with one attached hydrogen (secondary N) is 1. The Morgan fingerprint density at radius 1 is 1.50 bits per heavy atom. The van der Waals surface area contributed by atoms with Crippen molar-refractivity contribution < 1.29 is 9.59 Å². The van der Waals surface area contributed by atoms with E-state index in [0.29, 0.717) is 17.3 Å². The lowest BCUT2D eigenvalue weighted by Gasteiger charge is -2.22. The van der Waals surface area contributed by atoms with Gasteiger partial charge in [-0.3, -0.25) is 4.90 Å². The summed E-state index contributed by atoms with van der Waals surface area (Å²) in [7, 11) is 1.53. The van der Waals surface area contributed by atoms with Gasteiger partial charge in [0.15, 0.2) is 0 Å². The maximum absolute atomic E-state index is 11.6. The van der Waals surface area contributed by atoms with Crippen LogP contribution in [0.25, 0.3) is 0 Å². The fourth-order valence-electron chi connectivity index (χ4n) is 1.32. The zero-order chi connectivity index (χ0) is 12.0. The van der Waals surface area contributed by atoms with Gasteiger partial charge in [0.25, 0.3) is 0 Å². The first-order valence-electron chi connectivity index (χ1n) is 4.88. The van der Waals surface area contributed by atoms with Gasteiger partial charge in [-0.25, -0.2) is 4.79 Å². The van der Waals surface area contributed by atoms with E-state index < -0.39 is 0 Å². The van der Waals surface area contributed by atoms with Crippen LogP contribution in [-0.2, 0) is 4.79 Å². The van der Waals surface area contributed by atoms with Crippen molar-refractivity contribution in [3.8, 4) is 0 Å². The van der Waals surface area contributed by atoms with E-state index in [1.54, 1.807) is 24.3 Å². The van der Waals surface area contributed by atoms with Crippen molar-refractivity contribution in [3.63, 3.8) is 0 Å². The molecule has 0 bridgehead atoms. The summed E-state index contributed by atoms with van der Waals surface area (Å²) in [6.07, 6.45) is 1.05. The summed E-state index contributed by atoms with van der Waals surface area (Å²) >= 11 is 5.99. The molecule has 0 atom stereocenters. The van der Waals surface area contributed by atoms with Crippen LogP contribution in [0, 0.1) is 0 Å². The quantitative estimate of drug-likeness (QED) is 0.820. The average molecular weight is 241 g/mol. The number of urea groups is 1. The zero-order valence-corrected chi connectivity index (χ0v) is 9.70. The molecule has 5 heteroatoms. The molecule has 1 aromatic rings. The summed E-state index contributed by atoms with van der Waals surface area (Å²) in [5, 5.41) is 3.00. The van der Waals surface area contributed by atoms with Gasteiger partial charge in [-0.15, -0.1) is 0 Å². The molecule has 1 aromatic carbocycles. The molecule has 0 aliphatic carbocycles. The molecule has 0 fully saturated rings. The minimum Gasteiger partial charge on any atom is -0.341 e. The van der Waals surface area contributed by atoms with Crippen LogP contribution in [0.4, 0.5) is 10.5 Å². The van der Waals surface area contributed by atoms with Crippen LogP contribution in [-0.4, -0.2) is 25.9 Å². The molecule has 0 heterocycles. The molecule has 0 aliphatic rings. The second kappa shape index (κ2) is 6.12. The van der Waals surface area contributed by atoms with Gasteiger partial charge in [-0.05, 0) is 12.1 Å². The number of anilines is 1. The van der Waals surface area contributed by atoms with Gasteiger partial charge in [0.05, 0.1) is 10.7 Å². The maximum atomic E-state index is 11.6. The highest BCUT2D eigenvalue weighted by molar-refractivity contribution is 6.33. The second-order valence-corrected chi connectivity index (χ2v) is 3.52. The number of nitrogens with zero attached hydrogens (tertiary/aromatic N) is 1. The zero-order valence-electron chi connectivity index (χ0n) is 8.94. The van der Waals surface area contributed by atoms with Gasteiger partial charge in [-0.1, -0.05) is 23.7 Å². The van der Waals surface area contributed by atoms with Crippen LogP contribution in [0.3, 0.4) is 0 Å². The number of carbonyl (C=O) groups excluding carboxylic acids is 2. The Hall–Kier alpha value is -1.55. The van der Waals surface area contributed by atoms with Gasteiger partial charge in [0.1, 0.15) is 6.29 Å². The lowest BCUT2D eigenvalue weighted by atomic mass is 10.3. The number of rotatable bonds is 4. The normalized spacial score (nSPS) is 9.62. The van der Waals surface area contributed by atoms with E-state index in [1.807, 2.05) is 0 Å². The highest BCUT2D eigenvalue weighted by Crippen LogP contribution is 2.25. The second-order valence-electron chi connectivity index (χ2n) is 3.11. The summed E-state index contributed by atoms with van der Waals surface area (Å²) in [5.74, 6) is 0. The van der Waals surface area contributed by atoms with E-state index >= 15 is 0 Å². The summed E-state index contributed by atoms with van der Waals surface area (Å²) in [4.78, 5) is 23.4. The Morgan fingerprint density at radius 2 is 2.19 bits per heavy atom. The Balaban J connectivity index is 2.96. The molecule has 16 heavy (non-hydrogen) atoms. The largest absolute Gasteiger partial charge is 0.341 e. The van der Waals surface area contributed by atoms with Gasteiger partial charge in [0.2, 0.25) is 0 Å². The molecule has 0 unspecified atom stereocenters. The van der Waals surface area contributed by atoms with E-state index in [-0.39, 0.29) is 12.5 Å². The molecule has 2 amide bonds. The summed E-state index contributed by atoms with van der Waals surface area (Å²) in [6, 6.07) is 6.73. The highest BCUT2D eigenvalue weighted by Gasteiger charge is 2.15. The summed E-state index contributed by atoms with van der Waals surface area (Å²) < 4.78 is 0. The van der Waals surface area contributed by atoms with E-state index in [9.17, 15) is 9.59 Å². The maximum Gasteiger partial charge on any atom is 0.321 e. The summed E-state index contributed by atoms with van der Waals surface area (Å²) in [5.41, 5.74) is 0.602. The predicted octanol–water partition coefficient (Wildman–Crippen LogP) is 2.07. The van der Waals surface area contributed by atoms with Crippen LogP contribution in [0.2, 0.25) is 5.02 Å². The Kier molecular flexibility index (Phi) is 4.79. The van der Waals surface area contributed by atoms with Crippen LogP contribution in [0.5, 0.6) is 0 Å². The SMILES string of the molecule is CNC(=O)N(CCC=O)c1ccccc1Cl. The third-order valence-corrected chi connectivity index (χ3v) is 2.39. The topological polar surface area (TPSA) is 49.4 Å². The van der Waals surface area contributed by atoms with Crippen molar-refractivity contribution >= 4 is 29.6 Å². The van der Waals surface area contributed by atoms with Crippen LogP contribution in [0.15, 0.2) is 24.3 Å². The third-order valence-electron chi connectivity index (χ3n) is 2.07. The lowest BCUT2D eigenvalue weighted by molar-refractivity contribution is -0.107. The number of hydrogen-bond donors (Lipinski definition) is 1. The first kappa shape index (κ1) is 12.5. The first-order chi connectivity index (χ1) is 7.70. The Labute approximate surface area is 99.2 Å². The van der Waals surface area contributed by atoms with E-state index in [2.05, 4.69) is 5.32 Å². The van der Waals surface area contributed by atoms with Crippen molar-refractivity contribution in [1.29, 1.82) is 0 Å². The standard InChI is InChI=1S/C11H13ClN2O2/c1-13-11(16)14(7-4-8-15)10-6-3-2-5-9(10)12/h2-3,5-6,8H,4,7H2,1H3,(H,13,16). The molecule has 86 valence electrons. The number of para-hydroxylation sites is 1. The number of amides is 2. The predicted molar refractivity (Wildman–Crippen MR) is 63.9 cm³/mol. The molecule has 0 radical (unpaired) electrons. The average Bonchev–Trinajstić information content (AvgIpc) is 2.31.